The fraction of sp³-hybridized carbons (Fsp3) is 0.351. The van der Waals surface area contributed by atoms with Gasteiger partial charge in [-0.15, -0.1) is 0 Å². The van der Waals surface area contributed by atoms with Gasteiger partial charge in [0.25, 0.3) is 0 Å². The fourth-order valence-corrected chi connectivity index (χ4v) is 3.46. The Morgan fingerprint density at radius 1 is 0.652 bits per heavy atom. The molecule has 0 bridgehead atoms. The summed E-state index contributed by atoms with van der Waals surface area (Å²) < 4.78 is 26.0. The Kier molecular flexibility index (Phi) is 26.0. The molecular weight excluding hydrogens is 586 g/mol. The fourth-order valence-electron chi connectivity index (χ4n) is 3.46. The van der Waals surface area contributed by atoms with Crippen molar-refractivity contribution < 1.29 is 38.1 Å². The first-order valence-electron chi connectivity index (χ1n) is 15.1. The minimum atomic E-state index is 0.639. The molecule has 0 saturated heterocycles. The van der Waals surface area contributed by atoms with Crippen LogP contribution in [0.2, 0.25) is 0 Å². The molecule has 0 saturated carbocycles. The van der Waals surface area contributed by atoms with Crippen LogP contribution in [0.4, 0.5) is 0 Å². The van der Waals surface area contributed by atoms with Gasteiger partial charge in [-0.05, 0) is 98.5 Å². The van der Waals surface area contributed by atoms with Crippen LogP contribution in [0.1, 0.15) is 71.7 Å². The largest absolute Gasteiger partial charge is 0.497 e. The standard InChI is InChI=1S/C14H20O3.C11H14O2.C9H11NO2.C3H4O/c1-16-10-4-2-3-5-11-17-14-8-6-13(12-15)7-9-14;1-2-3-8-13-11-6-4-10(9-12)5-7-11;1-11-8-3-4-9(12-2)7(5-8)6-10;1-2-3-4/h6-9,12H,2-5,10-11H2,1H3;4-7,9H,2-3,8H2,1H3;3-6,10H,1-2H3;2-3H,1H2. The molecule has 0 unspecified atom stereocenters. The van der Waals surface area contributed by atoms with Gasteiger partial charge in [0.15, 0.2) is 0 Å². The Hall–Kier alpha value is -4.76. The molecule has 46 heavy (non-hydrogen) atoms. The Balaban J connectivity index is 0.000000632. The highest BCUT2D eigenvalue weighted by atomic mass is 16.5. The van der Waals surface area contributed by atoms with Gasteiger partial charge in [0.1, 0.15) is 41.9 Å². The summed E-state index contributed by atoms with van der Waals surface area (Å²) in [5, 5.41) is 7.10. The van der Waals surface area contributed by atoms with E-state index in [9.17, 15) is 9.59 Å². The van der Waals surface area contributed by atoms with Gasteiger partial charge in [0.05, 0.1) is 27.4 Å². The molecule has 0 aliphatic heterocycles. The molecule has 3 aromatic carbocycles. The van der Waals surface area contributed by atoms with E-state index in [0.717, 1.165) is 87.3 Å². The highest BCUT2D eigenvalue weighted by molar-refractivity contribution is 5.82. The Morgan fingerprint density at radius 3 is 1.52 bits per heavy atom. The van der Waals surface area contributed by atoms with E-state index < -0.39 is 0 Å². The summed E-state index contributed by atoms with van der Waals surface area (Å²) in [6.07, 6.45) is 11.4. The van der Waals surface area contributed by atoms with Crippen LogP contribution in [0.25, 0.3) is 0 Å². The third kappa shape index (κ3) is 20.2. The maximum Gasteiger partial charge on any atom is 0.150 e. The summed E-state index contributed by atoms with van der Waals surface area (Å²) in [6, 6.07) is 19.7. The van der Waals surface area contributed by atoms with Gasteiger partial charge in [0.2, 0.25) is 0 Å². The zero-order valence-corrected chi connectivity index (χ0v) is 27.6. The number of methoxy groups -OCH3 is 3. The highest BCUT2D eigenvalue weighted by Gasteiger charge is 2.01. The van der Waals surface area contributed by atoms with Crippen molar-refractivity contribution in [2.24, 2.45) is 0 Å². The molecule has 3 rings (SSSR count). The number of carbonyl (C=O) groups is 3. The van der Waals surface area contributed by atoms with Gasteiger partial charge < -0.3 is 29.1 Å². The highest BCUT2D eigenvalue weighted by Crippen LogP contribution is 2.21. The molecule has 0 aliphatic carbocycles. The third-order valence-electron chi connectivity index (χ3n) is 6.00. The SMILES string of the molecule is C=CC=O.CCCCOc1ccc(C=O)cc1.COCCCCCCOc1ccc(C=O)cc1.COc1ccc(OC)c(C=N)c1. The molecule has 9 nitrogen and oxygen atoms in total. The maximum absolute atomic E-state index is 10.5. The number of hydrogen-bond donors (Lipinski definition) is 1. The van der Waals surface area contributed by atoms with Gasteiger partial charge >= 0.3 is 0 Å². The van der Waals surface area contributed by atoms with Crippen LogP contribution in [-0.4, -0.2) is 66.2 Å². The van der Waals surface area contributed by atoms with Gasteiger partial charge in [-0.3, -0.25) is 14.4 Å². The number of benzene rings is 3. The van der Waals surface area contributed by atoms with Gasteiger partial charge in [-0.1, -0.05) is 26.3 Å². The summed E-state index contributed by atoms with van der Waals surface area (Å²) in [6.45, 7) is 7.55. The number of unbranched alkanes of at least 4 members (excludes halogenated alkanes) is 4. The Morgan fingerprint density at radius 2 is 1.13 bits per heavy atom. The summed E-state index contributed by atoms with van der Waals surface area (Å²) in [5.74, 6) is 3.08. The normalized spacial score (nSPS) is 9.30. The second kappa shape index (κ2) is 29.0. The minimum Gasteiger partial charge on any atom is -0.497 e. The van der Waals surface area contributed by atoms with Crippen molar-refractivity contribution in [2.45, 2.75) is 45.4 Å². The van der Waals surface area contributed by atoms with E-state index in [1.54, 1.807) is 63.8 Å². The molecule has 0 spiro atoms. The van der Waals surface area contributed by atoms with Gasteiger partial charge in [-0.2, -0.15) is 0 Å². The molecular formula is C37H49NO8. The van der Waals surface area contributed by atoms with E-state index in [-0.39, 0.29) is 0 Å². The molecule has 0 heterocycles. The molecule has 0 aliphatic rings. The first-order chi connectivity index (χ1) is 22.5. The van der Waals surface area contributed by atoms with Crippen molar-refractivity contribution in [1.82, 2.24) is 0 Å². The smallest absolute Gasteiger partial charge is 0.150 e. The summed E-state index contributed by atoms with van der Waals surface area (Å²) in [4.78, 5) is 29.8. The lowest BCUT2D eigenvalue weighted by Crippen LogP contribution is -1.98. The molecule has 0 aromatic heterocycles. The molecule has 3 aromatic rings. The van der Waals surface area contributed by atoms with Crippen molar-refractivity contribution in [1.29, 1.82) is 5.41 Å². The molecule has 0 radical (unpaired) electrons. The van der Waals surface area contributed by atoms with E-state index in [1.165, 1.54) is 18.7 Å². The quantitative estimate of drug-likeness (QED) is 0.0650. The number of ether oxygens (including phenoxy) is 5. The van der Waals surface area contributed by atoms with Crippen molar-refractivity contribution in [2.75, 3.05) is 41.2 Å². The number of aldehydes is 3. The number of carbonyl (C=O) groups excluding carboxylic acids is 3. The lowest BCUT2D eigenvalue weighted by atomic mass is 10.2. The molecule has 250 valence electrons. The van der Waals surface area contributed by atoms with Crippen LogP contribution in [0.15, 0.2) is 79.4 Å². The Bertz CT molecular complexity index is 1220. The van der Waals surface area contributed by atoms with Crippen LogP contribution in [-0.2, 0) is 9.53 Å². The number of hydrogen-bond acceptors (Lipinski definition) is 9. The van der Waals surface area contributed by atoms with E-state index in [0.29, 0.717) is 23.2 Å². The number of nitrogens with one attached hydrogen (secondary N) is 1. The van der Waals surface area contributed by atoms with Crippen LogP contribution < -0.4 is 18.9 Å². The van der Waals surface area contributed by atoms with Crippen LogP contribution >= 0.6 is 0 Å². The van der Waals surface area contributed by atoms with E-state index in [1.807, 2.05) is 24.3 Å². The average Bonchev–Trinajstić information content (AvgIpc) is 3.12. The Labute approximate surface area is 274 Å². The molecule has 0 atom stereocenters. The lowest BCUT2D eigenvalue weighted by Gasteiger charge is -2.06. The number of allylic oxidation sites excluding steroid dienone is 1. The zero-order chi connectivity index (χ0) is 34.3. The molecule has 0 amide bonds. The maximum atomic E-state index is 10.5. The molecule has 9 heteroatoms. The second-order valence-electron chi connectivity index (χ2n) is 9.46. The molecule has 0 fully saturated rings. The topological polar surface area (TPSA) is 121 Å². The second-order valence-corrected chi connectivity index (χ2v) is 9.46. The molecule has 1 N–H and O–H groups in total. The van der Waals surface area contributed by atoms with Crippen LogP contribution in [0, 0.1) is 5.41 Å². The van der Waals surface area contributed by atoms with Crippen molar-refractivity contribution >= 4 is 25.1 Å². The van der Waals surface area contributed by atoms with Gasteiger partial charge in [0, 0.05) is 36.6 Å². The van der Waals surface area contributed by atoms with Crippen molar-refractivity contribution in [3.8, 4) is 23.0 Å². The van der Waals surface area contributed by atoms with Crippen LogP contribution in [0.3, 0.4) is 0 Å². The van der Waals surface area contributed by atoms with E-state index in [4.69, 9.17) is 33.9 Å². The summed E-state index contributed by atoms with van der Waals surface area (Å²) in [5.41, 5.74) is 2.08. The monoisotopic (exact) mass is 635 g/mol. The van der Waals surface area contributed by atoms with Crippen LogP contribution in [0.5, 0.6) is 23.0 Å². The lowest BCUT2D eigenvalue weighted by molar-refractivity contribution is -0.104. The predicted molar refractivity (Wildman–Crippen MR) is 184 cm³/mol. The summed E-state index contributed by atoms with van der Waals surface area (Å²) in [7, 11) is 4.90. The first-order valence-corrected chi connectivity index (χ1v) is 15.1. The van der Waals surface area contributed by atoms with Crippen molar-refractivity contribution in [3.05, 3.63) is 96.1 Å². The van der Waals surface area contributed by atoms with Crippen molar-refractivity contribution in [3.63, 3.8) is 0 Å². The average molecular weight is 636 g/mol. The third-order valence-corrected chi connectivity index (χ3v) is 6.00. The van der Waals surface area contributed by atoms with E-state index >= 15 is 0 Å². The first kappa shape index (κ1) is 41.2. The predicted octanol–water partition coefficient (Wildman–Crippen LogP) is 7.84. The summed E-state index contributed by atoms with van der Waals surface area (Å²) >= 11 is 0. The van der Waals surface area contributed by atoms with E-state index in [2.05, 4.69) is 13.5 Å². The minimum absolute atomic E-state index is 0.639. The van der Waals surface area contributed by atoms with Gasteiger partial charge in [-0.25, -0.2) is 0 Å². The zero-order valence-electron chi connectivity index (χ0n) is 27.6. The number of rotatable bonds is 18.